The Hall–Kier alpha value is -3.40. The van der Waals surface area contributed by atoms with Gasteiger partial charge in [-0.15, -0.1) is 0 Å². The van der Waals surface area contributed by atoms with Crippen LogP contribution in [0.25, 0.3) is 11.3 Å². The van der Waals surface area contributed by atoms with Gasteiger partial charge >= 0.3 is 11.9 Å². The van der Waals surface area contributed by atoms with Gasteiger partial charge in [0.2, 0.25) is 0 Å². The van der Waals surface area contributed by atoms with Gasteiger partial charge < -0.3 is 24.6 Å². The molecular weight excluding hydrogens is 424 g/mol. The first kappa shape index (κ1) is 21.3. The predicted molar refractivity (Wildman–Crippen MR) is 103 cm³/mol. The molecule has 0 atom stereocenters. The zero-order valence-corrected chi connectivity index (χ0v) is 16.3. The maximum absolute atomic E-state index is 14.5. The van der Waals surface area contributed by atoms with Crippen LogP contribution < -0.4 is 5.32 Å². The minimum atomic E-state index is -3.95. The Balaban J connectivity index is 1.80. The second-order valence-corrected chi connectivity index (χ2v) is 6.75. The number of benzene rings is 1. The fourth-order valence-corrected chi connectivity index (χ4v) is 2.92. The van der Waals surface area contributed by atoms with Gasteiger partial charge in [0.25, 0.3) is 5.91 Å². The van der Waals surface area contributed by atoms with E-state index in [0.29, 0.717) is 12.1 Å². The number of phenolic OH excluding ortho intramolecular Hbond substituents is 1. The Morgan fingerprint density at radius 2 is 1.93 bits per heavy atom. The number of nitrogens with one attached hydrogen (secondary N) is 1. The fourth-order valence-electron chi connectivity index (χ4n) is 2.68. The summed E-state index contributed by atoms with van der Waals surface area (Å²) in [6.45, 7) is 2.12. The molecule has 3 N–H and O–H groups in total. The van der Waals surface area contributed by atoms with Crippen LogP contribution in [0.4, 0.5) is 14.5 Å². The second kappa shape index (κ2) is 8.15. The number of rotatable bonds is 7. The van der Waals surface area contributed by atoms with E-state index in [9.17, 15) is 28.6 Å². The molecule has 0 fully saturated rings. The molecule has 1 amide bonds. The summed E-state index contributed by atoms with van der Waals surface area (Å²) in [5.74, 6) is -7.01. The molecule has 0 aliphatic carbocycles. The van der Waals surface area contributed by atoms with Gasteiger partial charge in [0, 0.05) is 24.5 Å². The predicted octanol–water partition coefficient (Wildman–Crippen LogP) is 4.04. The molecule has 11 heteroatoms. The summed E-state index contributed by atoms with van der Waals surface area (Å²) in [6, 6.07) is 5.64. The van der Waals surface area contributed by atoms with Crippen LogP contribution in [0.5, 0.6) is 5.75 Å². The number of hydrogen-bond acceptors (Lipinski definition) is 5. The van der Waals surface area contributed by atoms with Crippen molar-refractivity contribution in [2.24, 2.45) is 0 Å². The number of aromatic carboxylic acids is 1. The number of aromatic nitrogens is 2. The number of anilines is 1. The minimum absolute atomic E-state index is 0.00421. The highest BCUT2D eigenvalue weighted by Gasteiger charge is 2.41. The number of amides is 1. The summed E-state index contributed by atoms with van der Waals surface area (Å²) in [4.78, 5) is 23.4. The first-order valence-electron chi connectivity index (χ1n) is 8.68. The van der Waals surface area contributed by atoms with Gasteiger partial charge in [-0.3, -0.25) is 4.79 Å². The largest absolute Gasteiger partial charge is 0.508 e. The van der Waals surface area contributed by atoms with E-state index < -0.39 is 24.2 Å². The SMILES string of the molecule is CCn1cc(NC(=O)C(F)(F)Cc2noc(-c3ccc(O)cc3)c2Cl)c(C(=O)O)c1. The molecule has 2 aromatic heterocycles. The summed E-state index contributed by atoms with van der Waals surface area (Å²) in [7, 11) is 0. The Labute approximate surface area is 173 Å². The molecule has 3 aromatic rings. The summed E-state index contributed by atoms with van der Waals surface area (Å²) in [5.41, 5.74) is -0.499. The van der Waals surface area contributed by atoms with Crippen LogP contribution >= 0.6 is 11.6 Å². The van der Waals surface area contributed by atoms with Crippen LogP contribution in [0.1, 0.15) is 23.0 Å². The third-order valence-electron chi connectivity index (χ3n) is 4.27. The van der Waals surface area contributed by atoms with Crippen LogP contribution in [0.2, 0.25) is 5.02 Å². The molecule has 3 rings (SSSR count). The van der Waals surface area contributed by atoms with Gasteiger partial charge in [0.15, 0.2) is 5.76 Å². The molecule has 30 heavy (non-hydrogen) atoms. The molecule has 158 valence electrons. The highest BCUT2D eigenvalue weighted by molar-refractivity contribution is 6.33. The number of carbonyl (C=O) groups is 2. The third kappa shape index (κ3) is 4.28. The molecule has 0 bridgehead atoms. The van der Waals surface area contributed by atoms with Crippen molar-refractivity contribution in [3.05, 3.63) is 52.9 Å². The molecule has 1 aromatic carbocycles. The van der Waals surface area contributed by atoms with Crippen molar-refractivity contribution in [1.29, 1.82) is 0 Å². The van der Waals surface area contributed by atoms with Gasteiger partial charge in [-0.05, 0) is 31.2 Å². The van der Waals surface area contributed by atoms with E-state index in [2.05, 4.69) is 5.16 Å². The lowest BCUT2D eigenvalue weighted by atomic mass is 10.1. The van der Waals surface area contributed by atoms with Crippen LogP contribution in [0.3, 0.4) is 0 Å². The number of carboxylic acid groups (broad SMARTS) is 1. The number of nitrogens with zero attached hydrogens (tertiary/aromatic N) is 2. The fraction of sp³-hybridized carbons (Fsp3) is 0.211. The molecule has 0 radical (unpaired) electrons. The lowest BCUT2D eigenvalue weighted by Crippen LogP contribution is -2.37. The van der Waals surface area contributed by atoms with Crippen molar-refractivity contribution in [2.45, 2.75) is 25.8 Å². The van der Waals surface area contributed by atoms with E-state index in [1.807, 2.05) is 5.32 Å². The van der Waals surface area contributed by atoms with Gasteiger partial charge in [-0.25, -0.2) is 4.79 Å². The van der Waals surface area contributed by atoms with Crippen LogP contribution in [-0.2, 0) is 17.8 Å². The summed E-state index contributed by atoms with van der Waals surface area (Å²) in [6.07, 6.45) is 1.33. The molecule has 0 unspecified atom stereocenters. The van der Waals surface area contributed by atoms with E-state index in [0.717, 1.165) is 0 Å². The molecular formula is C19H16ClF2N3O5. The summed E-state index contributed by atoms with van der Waals surface area (Å²) in [5, 5.41) is 23.8. The van der Waals surface area contributed by atoms with Crippen molar-refractivity contribution in [2.75, 3.05) is 5.32 Å². The molecule has 0 saturated carbocycles. The standard InChI is InChI=1S/C19H16ClF2N3O5/c1-2-25-8-12(17(27)28)14(9-25)23-18(29)19(21,22)7-13-15(20)16(30-24-13)10-3-5-11(26)6-4-10/h3-6,8-9,26H,2,7H2,1H3,(H,23,29)(H,27,28). The van der Waals surface area contributed by atoms with Crippen LogP contribution in [-0.4, -0.2) is 37.7 Å². The Kier molecular flexibility index (Phi) is 5.79. The number of aryl methyl sites for hydroxylation is 1. The smallest absolute Gasteiger partial charge is 0.339 e. The lowest BCUT2D eigenvalue weighted by molar-refractivity contribution is -0.139. The second-order valence-electron chi connectivity index (χ2n) is 6.38. The van der Waals surface area contributed by atoms with Gasteiger partial charge in [-0.1, -0.05) is 16.8 Å². The third-order valence-corrected chi connectivity index (χ3v) is 4.66. The molecule has 0 aliphatic heterocycles. The Bertz CT molecular complexity index is 1090. The van der Waals surface area contributed by atoms with Crippen LogP contribution in [0, 0.1) is 0 Å². The van der Waals surface area contributed by atoms with E-state index in [-0.39, 0.29) is 33.5 Å². The van der Waals surface area contributed by atoms with Gasteiger partial charge in [0.05, 0.1) is 12.1 Å². The van der Waals surface area contributed by atoms with Crippen molar-refractivity contribution < 1.29 is 33.1 Å². The number of phenols is 1. The monoisotopic (exact) mass is 439 g/mol. The topological polar surface area (TPSA) is 118 Å². The Morgan fingerprint density at radius 3 is 2.53 bits per heavy atom. The molecule has 0 aliphatic rings. The lowest BCUT2D eigenvalue weighted by Gasteiger charge is -2.14. The zero-order chi connectivity index (χ0) is 22.1. The molecule has 0 spiro atoms. The minimum Gasteiger partial charge on any atom is -0.508 e. The van der Waals surface area contributed by atoms with E-state index in [1.165, 1.54) is 41.2 Å². The number of carbonyl (C=O) groups excluding carboxylic acids is 1. The van der Waals surface area contributed by atoms with E-state index >= 15 is 0 Å². The van der Waals surface area contributed by atoms with E-state index in [1.54, 1.807) is 6.92 Å². The van der Waals surface area contributed by atoms with Crippen molar-refractivity contribution in [1.82, 2.24) is 9.72 Å². The van der Waals surface area contributed by atoms with E-state index in [4.69, 9.17) is 16.1 Å². The number of carboxylic acids is 1. The normalized spacial score (nSPS) is 11.5. The van der Waals surface area contributed by atoms with Crippen LogP contribution in [0.15, 0.2) is 41.2 Å². The quantitative estimate of drug-likeness (QED) is 0.511. The molecule has 8 nitrogen and oxygen atoms in total. The maximum Gasteiger partial charge on any atom is 0.339 e. The summed E-state index contributed by atoms with van der Waals surface area (Å²) < 4.78 is 35.5. The Morgan fingerprint density at radius 1 is 1.27 bits per heavy atom. The highest BCUT2D eigenvalue weighted by atomic mass is 35.5. The molecule has 0 saturated heterocycles. The van der Waals surface area contributed by atoms with Crippen molar-refractivity contribution >= 4 is 29.2 Å². The number of alkyl halides is 2. The number of aromatic hydroxyl groups is 1. The van der Waals surface area contributed by atoms with Gasteiger partial charge in [0.1, 0.15) is 22.0 Å². The van der Waals surface area contributed by atoms with Crippen molar-refractivity contribution in [3.8, 4) is 17.1 Å². The average molecular weight is 440 g/mol. The highest BCUT2D eigenvalue weighted by Crippen LogP contribution is 2.34. The number of halogens is 3. The first-order chi connectivity index (χ1) is 14.1. The van der Waals surface area contributed by atoms with Gasteiger partial charge in [-0.2, -0.15) is 8.78 Å². The zero-order valence-electron chi connectivity index (χ0n) is 15.5. The first-order valence-corrected chi connectivity index (χ1v) is 9.06. The van der Waals surface area contributed by atoms with Crippen molar-refractivity contribution in [3.63, 3.8) is 0 Å². The summed E-state index contributed by atoms with van der Waals surface area (Å²) >= 11 is 6.09. The molecule has 2 heterocycles. The number of hydrogen-bond donors (Lipinski definition) is 3. The maximum atomic E-state index is 14.5. The average Bonchev–Trinajstić information content (AvgIpc) is 3.26.